The van der Waals surface area contributed by atoms with Crippen LogP contribution >= 0.6 is 0 Å². The van der Waals surface area contributed by atoms with E-state index in [1.165, 1.54) is 31.5 Å². The molecular weight excluding hydrogens is 494 g/mol. The summed E-state index contributed by atoms with van der Waals surface area (Å²) >= 11 is 0. The number of anilines is 1. The van der Waals surface area contributed by atoms with E-state index >= 15 is 0 Å². The first kappa shape index (κ1) is 25.5. The number of hydrogen-bond acceptors (Lipinski definition) is 7. The molecule has 0 unspecified atom stereocenters. The predicted molar refractivity (Wildman–Crippen MR) is 137 cm³/mol. The molecule has 1 fully saturated rings. The lowest BCUT2D eigenvalue weighted by Crippen LogP contribution is -2.29. The van der Waals surface area contributed by atoms with Crippen LogP contribution in [-0.2, 0) is 7.05 Å². The van der Waals surface area contributed by atoms with Gasteiger partial charge in [0.05, 0.1) is 36.4 Å². The van der Waals surface area contributed by atoms with E-state index in [9.17, 15) is 18.7 Å². The molecule has 2 heterocycles. The van der Waals surface area contributed by atoms with Crippen LogP contribution in [0.15, 0.2) is 48.9 Å². The molecule has 2 aromatic heterocycles. The van der Waals surface area contributed by atoms with Gasteiger partial charge >= 0.3 is 0 Å². The average molecular weight is 523 g/mol. The Morgan fingerprint density at radius 2 is 1.89 bits per heavy atom. The highest BCUT2D eigenvalue weighted by atomic mass is 19.1. The van der Waals surface area contributed by atoms with Gasteiger partial charge < -0.3 is 20.5 Å². The van der Waals surface area contributed by atoms with E-state index in [1.807, 2.05) is 0 Å². The largest absolute Gasteiger partial charge is 0.494 e. The van der Waals surface area contributed by atoms with Crippen molar-refractivity contribution in [2.45, 2.75) is 43.9 Å². The molecule has 1 atom stereocenters. The van der Waals surface area contributed by atoms with Crippen LogP contribution in [-0.4, -0.2) is 50.0 Å². The Labute approximate surface area is 217 Å². The van der Waals surface area contributed by atoms with Crippen molar-refractivity contribution in [2.75, 3.05) is 12.4 Å². The standard InChI is InChI=1S/C27H28F2N6O3/c1-35-14-17(12-31-35)25(15-3-8-24(38-2)22(29)9-15)34-26(37)16-10-21(28)20-13-30-27(33-23(20)11-16)32-18-4-6-19(36)7-5-18/h3,8-14,18-19,25,36H,4-7H2,1-2H3,(H,34,37)(H,30,32,33)/t18-,19-,25-/m0/s1. The van der Waals surface area contributed by atoms with Crippen molar-refractivity contribution in [3.05, 3.63) is 77.2 Å². The zero-order valence-corrected chi connectivity index (χ0v) is 21.0. The molecule has 2 aromatic carbocycles. The molecule has 5 rings (SSSR count). The molecule has 0 radical (unpaired) electrons. The number of rotatable bonds is 7. The van der Waals surface area contributed by atoms with Crippen LogP contribution in [0.4, 0.5) is 14.7 Å². The summed E-state index contributed by atoms with van der Waals surface area (Å²) in [6.45, 7) is 0. The number of ether oxygens (including phenoxy) is 1. The third kappa shape index (κ3) is 5.42. The number of nitrogens with zero attached hydrogens (tertiary/aromatic N) is 4. The van der Waals surface area contributed by atoms with Gasteiger partial charge in [0.15, 0.2) is 11.6 Å². The highest BCUT2D eigenvalue weighted by Crippen LogP contribution is 2.28. The van der Waals surface area contributed by atoms with Gasteiger partial charge in [-0.3, -0.25) is 9.48 Å². The molecule has 38 heavy (non-hydrogen) atoms. The minimum absolute atomic E-state index is 0.0586. The van der Waals surface area contributed by atoms with Crippen LogP contribution in [0.5, 0.6) is 5.75 Å². The van der Waals surface area contributed by atoms with E-state index in [1.54, 1.807) is 30.2 Å². The van der Waals surface area contributed by atoms with E-state index in [2.05, 4.69) is 25.7 Å². The number of amides is 1. The summed E-state index contributed by atoms with van der Waals surface area (Å²) < 4.78 is 36.1. The van der Waals surface area contributed by atoms with E-state index < -0.39 is 23.6 Å². The fourth-order valence-corrected chi connectivity index (χ4v) is 4.72. The first-order valence-corrected chi connectivity index (χ1v) is 12.3. The molecule has 0 saturated heterocycles. The molecule has 1 saturated carbocycles. The lowest BCUT2D eigenvalue weighted by Gasteiger charge is -2.26. The minimum atomic E-state index is -0.750. The van der Waals surface area contributed by atoms with Gasteiger partial charge in [-0.2, -0.15) is 5.10 Å². The fourth-order valence-electron chi connectivity index (χ4n) is 4.72. The van der Waals surface area contributed by atoms with E-state index in [0.717, 1.165) is 18.9 Å². The van der Waals surface area contributed by atoms with Gasteiger partial charge in [0.1, 0.15) is 5.82 Å². The Kier molecular flexibility index (Phi) is 7.19. The number of aliphatic hydroxyl groups excluding tert-OH is 1. The lowest BCUT2D eigenvalue weighted by molar-refractivity contribution is 0.0942. The molecule has 11 heteroatoms. The molecule has 0 aliphatic heterocycles. The number of hydrogen-bond donors (Lipinski definition) is 3. The van der Waals surface area contributed by atoms with Crippen molar-refractivity contribution in [1.82, 2.24) is 25.1 Å². The average Bonchev–Trinajstić information content (AvgIpc) is 3.34. The maximum absolute atomic E-state index is 15.0. The van der Waals surface area contributed by atoms with Gasteiger partial charge in [0, 0.05) is 36.6 Å². The third-order valence-corrected chi connectivity index (χ3v) is 6.78. The number of nitrogens with one attached hydrogen (secondary N) is 2. The summed E-state index contributed by atoms with van der Waals surface area (Å²) in [6.07, 6.45) is 7.33. The zero-order chi connectivity index (χ0) is 26.8. The fraction of sp³-hybridized carbons (Fsp3) is 0.333. The smallest absolute Gasteiger partial charge is 0.252 e. The van der Waals surface area contributed by atoms with Gasteiger partial charge in [0.2, 0.25) is 5.95 Å². The van der Waals surface area contributed by atoms with Gasteiger partial charge in [-0.25, -0.2) is 18.7 Å². The Morgan fingerprint density at radius 3 is 2.58 bits per heavy atom. The number of aryl methyl sites for hydroxylation is 1. The first-order chi connectivity index (χ1) is 18.3. The Bertz CT molecular complexity index is 1470. The van der Waals surface area contributed by atoms with Crippen molar-refractivity contribution in [2.24, 2.45) is 7.05 Å². The summed E-state index contributed by atoms with van der Waals surface area (Å²) in [4.78, 5) is 22.0. The van der Waals surface area contributed by atoms with Crippen molar-refractivity contribution in [3.8, 4) is 5.75 Å². The molecule has 1 aliphatic carbocycles. The van der Waals surface area contributed by atoms with E-state index in [4.69, 9.17) is 4.74 Å². The highest BCUT2D eigenvalue weighted by Gasteiger charge is 2.23. The second kappa shape index (κ2) is 10.7. The van der Waals surface area contributed by atoms with Gasteiger partial charge in [-0.15, -0.1) is 0 Å². The van der Waals surface area contributed by atoms with Crippen molar-refractivity contribution < 1.29 is 23.4 Å². The molecule has 3 N–H and O–H groups in total. The predicted octanol–water partition coefficient (Wildman–Crippen LogP) is 3.88. The maximum atomic E-state index is 15.0. The second-order valence-electron chi connectivity index (χ2n) is 9.48. The van der Waals surface area contributed by atoms with Crippen LogP contribution in [0.3, 0.4) is 0 Å². The van der Waals surface area contributed by atoms with Crippen LogP contribution < -0.4 is 15.4 Å². The number of aromatic nitrogens is 4. The van der Waals surface area contributed by atoms with E-state index in [0.29, 0.717) is 29.9 Å². The SMILES string of the molecule is COc1ccc([C@H](NC(=O)c2cc(F)c3cnc(N[C@H]4CC[C@H](O)CC4)nc3c2)c2cnn(C)c2)cc1F. The van der Waals surface area contributed by atoms with Crippen molar-refractivity contribution in [1.29, 1.82) is 0 Å². The quantitative estimate of drug-likeness (QED) is 0.338. The van der Waals surface area contributed by atoms with E-state index in [-0.39, 0.29) is 34.4 Å². The lowest BCUT2D eigenvalue weighted by atomic mass is 9.93. The molecule has 9 nitrogen and oxygen atoms in total. The Balaban J connectivity index is 1.43. The summed E-state index contributed by atoms with van der Waals surface area (Å²) in [5.41, 5.74) is 1.43. The van der Waals surface area contributed by atoms with Crippen LogP contribution in [0.1, 0.15) is 53.2 Å². The van der Waals surface area contributed by atoms with Gasteiger partial charge in [-0.05, 0) is 55.5 Å². The number of carbonyl (C=O) groups is 1. The van der Waals surface area contributed by atoms with Crippen LogP contribution in [0.2, 0.25) is 0 Å². The summed E-state index contributed by atoms with van der Waals surface area (Å²) in [6, 6.07) is 6.40. The number of carbonyl (C=O) groups excluding carboxylic acids is 1. The number of halogens is 2. The Hall–Kier alpha value is -4.12. The monoisotopic (exact) mass is 522 g/mol. The molecule has 0 bridgehead atoms. The number of aliphatic hydroxyl groups is 1. The highest BCUT2D eigenvalue weighted by molar-refractivity contribution is 5.98. The van der Waals surface area contributed by atoms with Gasteiger partial charge in [-0.1, -0.05) is 6.07 Å². The van der Waals surface area contributed by atoms with Crippen molar-refractivity contribution in [3.63, 3.8) is 0 Å². The van der Waals surface area contributed by atoms with Crippen LogP contribution in [0, 0.1) is 11.6 Å². The van der Waals surface area contributed by atoms with Gasteiger partial charge in [0.25, 0.3) is 5.91 Å². The number of fused-ring (bicyclic) bond motifs is 1. The zero-order valence-electron chi connectivity index (χ0n) is 21.0. The molecule has 0 spiro atoms. The summed E-state index contributed by atoms with van der Waals surface area (Å²) in [5.74, 6) is -1.36. The molecule has 1 amide bonds. The molecule has 4 aromatic rings. The molecule has 198 valence electrons. The van der Waals surface area contributed by atoms with Crippen molar-refractivity contribution >= 4 is 22.8 Å². The topological polar surface area (TPSA) is 114 Å². The van der Waals surface area contributed by atoms with Crippen LogP contribution in [0.25, 0.3) is 10.9 Å². The number of methoxy groups -OCH3 is 1. The number of benzene rings is 2. The minimum Gasteiger partial charge on any atom is -0.494 e. The second-order valence-corrected chi connectivity index (χ2v) is 9.48. The maximum Gasteiger partial charge on any atom is 0.252 e. The summed E-state index contributed by atoms with van der Waals surface area (Å²) in [5, 5.41) is 20.2. The normalized spacial score (nSPS) is 18.2. The first-order valence-electron chi connectivity index (χ1n) is 12.3. The third-order valence-electron chi connectivity index (χ3n) is 6.78. The Morgan fingerprint density at radius 1 is 1.11 bits per heavy atom. The molecular formula is C27H28F2N6O3. The summed E-state index contributed by atoms with van der Waals surface area (Å²) in [7, 11) is 3.10. The molecule has 1 aliphatic rings.